The van der Waals surface area contributed by atoms with E-state index in [-0.39, 0.29) is 37.5 Å². The molecule has 0 radical (unpaired) electrons. The average molecular weight is 911 g/mol. The van der Waals surface area contributed by atoms with Crippen molar-refractivity contribution in [2.45, 2.75) is 213 Å². The van der Waals surface area contributed by atoms with Gasteiger partial charge in [-0.1, -0.05) is 212 Å². The number of hydrogen-bond acceptors (Lipinski definition) is 6. The summed E-state index contributed by atoms with van der Waals surface area (Å²) in [6.45, 7) is 6.19. The molecule has 0 aromatic heterocycles. The molecule has 0 aliphatic carbocycles. The number of carbonyl (C=O) groups is 3. The Hall–Kier alpha value is -4.45. The lowest BCUT2D eigenvalue weighted by atomic mass is 10.1. The molecule has 0 spiro atoms. The molecular formula is C60H94O6. The maximum atomic E-state index is 12.8. The number of ether oxygens (including phenoxy) is 3. The van der Waals surface area contributed by atoms with E-state index in [1.165, 1.54) is 38.5 Å². The summed E-state index contributed by atoms with van der Waals surface area (Å²) >= 11 is 0. The summed E-state index contributed by atoms with van der Waals surface area (Å²) in [6, 6.07) is 0. The minimum absolute atomic E-state index is 0.112. The second kappa shape index (κ2) is 53.2. The fourth-order valence-corrected chi connectivity index (χ4v) is 6.61. The first-order valence-corrected chi connectivity index (χ1v) is 26.2. The summed E-state index contributed by atoms with van der Waals surface area (Å²) in [6.07, 6.45) is 74.4. The second-order valence-corrected chi connectivity index (χ2v) is 16.7. The van der Waals surface area contributed by atoms with Crippen LogP contribution in [0.5, 0.6) is 0 Å². The van der Waals surface area contributed by atoms with Crippen LogP contribution in [0.15, 0.2) is 134 Å². The lowest BCUT2D eigenvalue weighted by Crippen LogP contribution is -2.30. The number of allylic oxidation sites excluding steroid dienone is 22. The zero-order valence-corrected chi connectivity index (χ0v) is 42.1. The molecule has 0 rings (SSSR count). The van der Waals surface area contributed by atoms with Gasteiger partial charge in [-0.3, -0.25) is 14.4 Å². The average Bonchev–Trinajstić information content (AvgIpc) is 3.31. The Labute approximate surface area is 405 Å². The highest BCUT2D eigenvalue weighted by Crippen LogP contribution is 2.13. The SMILES string of the molecule is CC\C=C/C=C\C=C/CCCCCCCCCC(=O)OCC(COC(=O)CCC/C=C\C/C=C\C/C=C\C/C=C\C/C=C\CC)OC(=O)CCCCCCCC/C=C\C/C=C\C/C=C\CC. The summed E-state index contributed by atoms with van der Waals surface area (Å²) in [7, 11) is 0. The zero-order valence-electron chi connectivity index (χ0n) is 42.1. The molecule has 0 bridgehead atoms. The largest absolute Gasteiger partial charge is 0.462 e. The lowest BCUT2D eigenvalue weighted by Gasteiger charge is -2.18. The Morgan fingerprint density at radius 2 is 0.636 bits per heavy atom. The quantitative estimate of drug-likeness (QED) is 0.0199. The van der Waals surface area contributed by atoms with Gasteiger partial charge in [-0.2, -0.15) is 0 Å². The van der Waals surface area contributed by atoms with E-state index in [1.807, 2.05) is 0 Å². The highest BCUT2D eigenvalue weighted by atomic mass is 16.6. The third-order valence-electron chi connectivity index (χ3n) is 10.4. The summed E-state index contributed by atoms with van der Waals surface area (Å²) in [5.41, 5.74) is 0. The Morgan fingerprint density at radius 1 is 0.318 bits per heavy atom. The van der Waals surface area contributed by atoms with Crippen molar-refractivity contribution >= 4 is 17.9 Å². The van der Waals surface area contributed by atoms with E-state index in [0.29, 0.717) is 19.3 Å². The van der Waals surface area contributed by atoms with Crippen LogP contribution in [0.25, 0.3) is 0 Å². The maximum Gasteiger partial charge on any atom is 0.306 e. The molecule has 370 valence electrons. The van der Waals surface area contributed by atoms with Crippen LogP contribution in [-0.4, -0.2) is 37.2 Å². The molecule has 6 nitrogen and oxygen atoms in total. The molecule has 0 saturated carbocycles. The molecule has 0 amide bonds. The van der Waals surface area contributed by atoms with Crippen molar-refractivity contribution in [2.75, 3.05) is 13.2 Å². The van der Waals surface area contributed by atoms with Crippen molar-refractivity contribution in [3.63, 3.8) is 0 Å². The van der Waals surface area contributed by atoms with Gasteiger partial charge in [0.2, 0.25) is 0 Å². The van der Waals surface area contributed by atoms with Gasteiger partial charge >= 0.3 is 17.9 Å². The Kier molecular flexibility index (Phi) is 49.6. The molecule has 0 fully saturated rings. The van der Waals surface area contributed by atoms with Gasteiger partial charge in [-0.25, -0.2) is 0 Å². The van der Waals surface area contributed by atoms with Crippen molar-refractivity contribution in [3.05, 3.63) is 134 Å². The Balaban J connectivity index is 4.55. The van der Waals surface area contributed by atoms with Gasteiger partial charge < -0.3 is 14.2 Å². The number of unbranched alkanes of at least 4 members (excludes halogenated alkanes) is 14. The Bertz CT molecular complexity index is 1460. The van der Waals surface area contributed by atoms with E-state index in [1.54, 1.807) is 0 Å². The summed E-state index contributed by atoms with van der Waals surface area (Å²) in [4.78, 5) is 38.0. The number of hydrogen-bond donors (Lipinski definition) is 0. The maximum absolute atomic E-state index is 12.8. The van der Waals surface area contributed by atoms with Crippen LogP contribution >= 0.6 is 0 Å². The standard InChI is InChI=1S/C60H94O6/c1-4-7-10-13-16-19-22-25-28-30-33-35-38-41-44-47-50-53-59(62)65-56-57(55-64-58(61)52-49-46-43-40-37-34-31-27-24-21-18-15-12-9-6-3)66-60(63)54-51-48-45-42-39-36-32-29-26-23-20-17-14-11-8-5-2/h7-12,15-21,24-26,28-29,33,35,41,44,57H,4-6,13-14,22-23,27,30-32,34,36-40,42-43,45-56H2,1-3H3/b10-7-,11-8-,12-9-,18-15-,19-16-,20-17-,24-21-,28-25-,29-26-,35-33-,44-41-. The van der Waals surface area contributed by atoms with E-state index >= 15 is 0 Å². The fourth-order valence-electron chi connectivity index (χ4n) is 6.61. The molecule has 66 heavy (non-hydrogen) atoms. The second-order valence-electron chi connectivity index (χ2n) is 16.7. The first-order valence-electron chi connectivity index (χ1n) is 26.2. The molecule has 0 N–H and O–H groups in total. The highest BCUT2D eigenvalue weighted by Gasteiger charge is 2.19. The molecule has 1 atom stereocenters. The van der Waals surface area contributed by atoms with E-state index < -0.39 is 6.10 Å². The first kappa shape index (κ1) is 61.5. The number of carbonyl (C=O) groups excluding carboxylic acids is 3. The van der Waals surface area contributed by atoms with E-state index in [9.17, 15) is 14.4 Å². The fraction of sp³-hybridized carbons (Fsp3) is 0.583. The topological polar surface area (TPSA) is 78.9 Å². The molecule has 6 heteroatoms. The van der Waals surface area contributed by atoms with Crippen LogP contribution in [0.4, 0.5) is 0 Å². The lowest BCUT2D eigenvalue weighted by molar-refractivity contribution is -0.167. The van der Waals surface area contributed by atoms with Crippen LogP contribution in [0.1, 0.15) is 207 Å². The van der Waals surface area contributed by atoms with Crippen LogP contribution in [0, 0.1) is 0 Å². The van der Waals surface area contributed by atoms with Crippen molar-refractivity contribution in [2.24, 2.45) is 0 Å². The zero-order chi connectivity index (χ0) is 47.9. The minimum Gasteiger partial charge on any atom is -0.462 e. The van der Waals surface area contributed by atoms with Crippen molar-refractivity contribution in [3.8, 4) is 0 Å². The summed E-state index contributed by atoms with van der Waals surface area (Å²) in [5.74, 6) is -1.01. The third-order valence-corrected chi connectivity index (χ3v) is 10.4. The molecule has 0 aliphatic rings. The van der Waals surface area contributed by atoms with E-state index in [4.69, 9.17) is 14.2 Å². The van der Waals surface area contributed by atoms with Crippen LogP contribution in [-0.2, 0) is 28.6 Å². The third kappa shape index (κ3) is 50.5. The van der Waals surface area contributed by atoms with Crippen molar-refractivity contribution in [1.82, 2.24) is 0 Å². The smallest absolute Gasteiger partial charge is 0.306 e. The first-order chi connectivity index (χ1) is 32.5. The van der Waals surface area contributed by atoms with Crippen LogP contribution in [0.2, 0.25) is 0 Å². The van der Waals surface area contributed by atoms with Crippen molar-refractivity contribution < 1.29 is 28.6 Å². The molecule has 0 heterocycles. The molecule has 0 aromatic rings. The van der Waals surface area contributed by atoms with Gasteiger partial charge in [-0.15, -0.1) is 0 Å². The molecule has 0 saturated heterocycles. The molecule has 0 aromatic carbocycles. The highest BCUT2D eigenvalue weighted by molar-refractivity contribution is 5.71. The van der Waals surface area contributed by atoms with Gasteiger partial charge in [-0.05, 0) is 109 Å². The summed E-state index contributed by atoms with van der Waals surface area (Å²) < 4.78 is 16.7. The van der Waals surface area contributed by atoms with E-state index in [2.05, 4.69) is 154 Å². The van der Waals surface area contributed by atoms with E-state index in [0.717, 1.165) is 122 Å². The van der Waals surface area contributed by atoms with Crippen LogP contribution in [0.3, 0.4) is 0 Å². The van der Waals surface area contributed by atoms with Gasteiger partial charge in [0.25, 0.3) is 0 Å². The minimum atomic E-state index is -0.818. The summed E-state index contributed by atoms with van der Waals surface area (Å²) in [5, 5.41) is 0. The molecular weight excluding hydrogens is 817 g/mol. The van der Waals surface area contributed by atoms with Gasteiger partial charge in [0.1, 0.15) is 13.2 Å². The predicted molar refractivity (Wildman–Crippen MR) is 283 cm³/mol. The number of esters is 3. The van der Waals surface area contributed by atoms with Gasteiger partial charge in [0.15, 0.2) is 6.10 Å². The molecule has 0 aliphatic heterocycles. The van der Waals surface area contributed by atoms with Crippen LogP contribution < -0.4 is 0 Å². The number of rotatable bonds is 45. The predicted octanol–water partition coefficient (Wildman–Crippen LogP) is 17.5. The monoisotopic (exact) mass is 911 g/mol. The van der Waals surface area contributed by atoms with Gasteiger partial charge in [0, 0.05) is 19.3 Å². The normalized spacial score (nSPS) is 13.2. The van der Waals surface area contributed by atoms with Gasteiger partial charge in [0.05, 0.1) is 0 Å². The molecule has 1 unspecified atom stereocenters. The van der Waals surface area contributed by atoms with Crippen molar-refractivity contribution in [1.29, 1.82) is 0 Å². The Morgan fingerprint density at radius 3 is 1.08 bits per heavy atom.